The molecule has 0 saturated carbocycles. The summed E-state index contributed by atoms with van der Waals surface area (Å²) in [5, 5.41) is 13.0. The van der Waals surface area contributed by atoms with Gasteiger partial charge < -0.3 is 19.9 Å². The zero-order valence-electron chi connectivity index (χ0n) is 13.6. The zero-order valence-corrected chi connectivity index (χ0v) is 13.6. The first-order valence-electron chi connectivity index (χ1n) is 7.93. The molecule has 124 valence electrons. The molecule has 0 radical (unpaired) electrons. The van der Waals surface area contributed by atoms with Gasteiger partial charge in [0.15, 0.2) is 0 Å². The van der Waals surface area contributed by atoms with E-state index in [1.165, 1.54) is 0 Å². The molecule has 0 unspecified atom stereocenters. The number of nitrogens with one attached hydrogen (secondary N) is 1. The molecule has 0 aliphatic rings. The van der Waals surface area contributed by atoms with E-state index in [2.05, 4.69) is 5.32 Å². The molecule has 0 atom stereocenters. The Balaban J connectivity index is 1.64. The van der Waals surface area contributed by atoms with E-state index in [1.807, 2.05) is 77.3 Å². The number of benzene rings is 2. The number of rotatable bonds is 6. The van der Waals surface area contributed by atoms with E-state index in [4.69, 9.17) is 5.11 Å². The van der Waals surface area contributed by atoms with Gasteiger partial charge in [0.05, 0.1) is 6.61 Å². The number of hydrogen-bond donors (Lipinski definition) is 2. The maximum atomic E-state index is 12.3. The Kier molecular flexibility index (Phi) is 4.82. The lowest BCUT2D eigenvalue weighted by atomic mass is 10.2. The van der Waals surface area contributed by atoms with E-state index < -0.39 is 0 Å². The molecule has 3 aromatic rings. The minimum absolute atomic E-state index is 0.0622. The highest BCUT2D eigenvalue weighted by Crippen LogP contribution is 2.18. The van der Waals surface area contributed by atoms with Crippen molar-refractivity contribution in [2.45, 2.75) is 6.54 Å². The summed E-state index contributed by atoms with van der Waals surface area (Å²) in [6, 6.07) is 17.6. The number of carbonyl (C=O) groups excluding carboxylic acids is 1. The number of aliphatic hydroxyl groups is 1. The molecule has 5 heteroatoms. The van der Waals surface area contributed by atoms with Crippen LogP contribution in [0.1, 0.15) is 0 Å². The van der Waals surface area contributed by atoms with Gasteiger partial charge in [0.2, 0.25) is 5.91 Å². The molecule has 0 aliphatic carbocycles. The maximum Gasteiger partial charge on any atom is 0.244 e. The summed E-state index contributed by atoms with van der Waals surface area (Å²) in [6.07, 6.45) is 1.93. The molecule has 5 nitrogen and oxygen atoms in total. The Hall–Kier alpha value is -2.79. The van der Waals surface area contributed by atoms with Crippen LogP contribution >= 0.6 is 0 Å². The summed E-state index contributed by atoms with van der Waals surface area (Å²) in [4.78, 5) is 14.2. The van der Waals surface area contributed by atoms with Crippen LogP contribution in [-0.4, -0.2) is 35.8 Å². The van der Waals surface area contributed by atoms with Gasteiger partial charge in [0, 0.05) is 36.7 Å². The van der Waals surface area contributed by atoms with Gasteiger partial charge in [-0.05, 0) is 41.8 Å². The largest absolute Gasteiger partial charge is 0.395 e. The first kappa shape index (κ1) is 16.1. The Morgan fingerprint density at radius 1 is 1.12 bits per heavy atom. The van der Waals surface area contributed by atoms with Crippen molar-refractivity contribution in [3.63, 3.8) is 0 Å². The molecule has 2 aromatic carbocycles. The third-order valence-corrected chi connectivity index (χ3v) is 4.02. The summed E-state index contributed by atoms with van der Waals surface area (Å²) < 4.78 is 1.94. The summed E-state index contributed by atoms with van der Waals surface area (Å²) in [6.45, 7) is 0.964. The van der Waals surface area contributed by atoms with E-state index in [0.29, 0.717) is 6.54 Å². The van der Waals surface area contributed by atoms with Gasteiger partial charge in [-0.2, -0.15) is 0 Å². The lowest BCUT2D eigenvalue weighted by Crippen LogP contribution is -2.21. The quantitative estimate of drug-likeness (QED) is 0.733. The van der Waals surface area contributed by atoms with Gasteiger partial charge in [-0.15, -0.1) is 0 Å². The fraction of sp³-hybridized carbons (Fsp3) is 0.211. The van der Waals surface area contributed by atoms with Crippen LogP contribution in [0.5, 0.6) is 0 Å². The highest BCUT2D eigenvalue weighted by molar-refractivity contribution is 5.92. The van der Waals surface area contributed by atoms with Crippen molar-refractivity contribution in [2.24, 2.45) is 0 Å². The van der Waals surface area contributed by atoms with E-state index in [9.17, 15) is 4.79 Å². The SMILES string of the molecule is CN(CCO)c1ccc(NC(=O)Cn2ccc3ccccc32)cc1. The molecule has 1 heterocycles. The van der Waals surface area contributed by atoms with Gasteiger partial charge in [-0.25, -0.2) is 0 Å². The minimum atomic E-state index is -0.0622. The van der Waals surface area contributed by atoms with Gasteiger partial charge in [-0.1, -0.05) is 18.2 Å². The summed E-state index contributed by atoms with van der Waals surface area (Å²) in [7, 11) is 1.92. The molecule has 24 heavy (non-hydrogen) atoms. The van der Waals surface area contributed by atoms with Crippen LogP contribution in [0.3, 0.4) is 0 Å². The van der Waals surface area contributed by atoms with Crippen molar-refractivity contribution < 1.29 is 9.90 Å². The van der Waals surface area contributed by atoms with E-state index in [1.54, 1.807) is 0 Å². The monoisotopic (exact) mass is 323 g/mol. The van der Waals surface area contributed by atoms with Crippen molar-refractivity contribution in [3.8, 4) is 0 Å². The number of aliphatic hydroxyl groups excluding tert-OH is 1. The van der Waals surface area contributed by atoms with Crippen molar-refractivity contribution in [3.05, 3.63) is 60.8 Å². The molecule has 2 N–H and O–H groups in total. The normalized spacial score (nSPS) is 10.8. The molecule has 0 spiro atoms. The Morgan fingerprint density at radius 3 is 2.62 bits per heavy atom. The number of fused-ring (bicyclic) bond motifs is 1. The third kappa shape index (κ3) is 3.58. The Labute approximate surface area is 141 Å². The molecular weight excluding hydrogens is 302 g/mol. The van der Waals surface area contributed by atoms with Crippen molar-refractivity contribution >= 4 is 28.2 Å². The summed E-state index contributed by atoms with van der Waals surface area (Å²) >= 11 is 0. The lowest BCUT2D eigenvalue weighted by Gasteiger charge is -2.18. The first-order chi connectivity index (χ1) is 11.7. The number of anilines is 2. The van der Waals surface area contributed by atoms with Gasteiger partial charge >= 0.3 is 0 Å². The molecule has 0 fully saturated rings. The van der Waals surface area contributed by atoms with Gasteiger partial charge in [-0.3, -0.25) is 4.79 Å². The van der Waals surface area contributed by atoms with Gasteiger partial charge in [0.1, 0.15) is 6.54 Å². The van der Waals surface area contributed by atoms with Crippen molar-refractivity contribution in [1.29, 1.82) is 0 Å². The second kappa shape index (κ2) is 7.19. The fourth-order valence-corrected chi connectivity index (χ4v) is 2.71. The molecule has 1 aromatic heterocycles. The Morgan fingerprint density at radius 2 is 1.88 bits per heavy atom. The second-order valence-electron chi connectivity index (χ2n) is 5.74. The van der Waals surface area contributed by atoms with Crippen LogP contribution < -0.4 is 10.2 Å². The average molecular weight is 323 g/mol. The lowest BCUT2D eigenvalue weighted by molar-refractivity contribution is -0.116. The zero-order chi connectivity index (χ0) is 16.9. The first-order valence-corrected chi connectivity index (χ1v) is 7.93. The minimum Gasteiger partial charge on any atom is -0.395 e. The topological polar surface area (TPSA) is 57.5 Å². The smallest absolute Gasteiger partial charge is 0.244 e. The molecule has 0 saturated heterocycles. The molecule has 0 bridgehead atoms. The van der Waals surface area contributed by atoms with Crippen LogP contribution in [-0.2, 0) is 11.3 Å². The Bertz CT molecular complexity index is 824. The van der Waals surface area contributed by atoms with E-state index in [-0.39, 0.29) is 19.1 Å². The highest BCUT2D eigenvalue weighted by Gasteiger charge is 2.07. The molecule has 1 amide bonds. The number of likely N-dealkylation sites (N-methyl/N-ethyl adjacent to an activating group) is 1. The average Bonchev–Trinajstić information content (AvgIpc) is 2.99. The molecular formula is C19H21N3O2. The van der Waals surface area contributed by atoms with E-state index in [0.717, 1.165) is 22.3 Å². The maximum absolute atomic E-state index is 12.3. The third-order valence-electron chi connectivity index (χ3n) is 4.02. The van der Waals surface area contributed by atoms with Gasteiger partial charge in [0.25, 0.3) is 0 Å². The second-order valence-corrected chi connectivity index (χ2v) is 5.74. The summed E-state index contributed by atoms with van der Waals surface area (Å²) in [5.41, 5.74) is 2.81. The highest BCUT2D eigenvalue weighted by atomic mass is 16.3. The number of hydrogen-bond acceptors (Lipinski definition) is 3. The van der Waals surface area contributed by atoms with Crippen molar-refractivity contribution in [2.75, 3.05) is 30.4 Å². The van der Waals surface area contributed by atoms with Crippen LogP contribution in [0, 0.1) is 0 Å². The van der Waals surface area contributed by atoms with Crippen LogP contribution in [0.2, 0.25) is 0 Å². The predicted octanol–water partition coefficient (Wildman–Crippen LogP) is 2.71. The summed E-state index contributed by atoms with van der Waals surface area (Å²) in [5.74, 6) is -0.0622. The predicted molar refractivity (Wildman–Crippen MR) is 97.4 cm³/mol. The number of nitrogens with zero attached hydrogens (tertiary/aromatic N) is 2. The van der Waals surface area contributed by atoms with Crippen LogP contribution in [0.25, 0.3) is 10.9 Å². The number of para-hydroxylation sites is 1. The standard InChI is InChI=1S/C19H21N3O2/c1-21(12-13-23)17-8-6-16(7-9-17)20-19(24)14-22-11-10-15-4-2-3-5-18(15)22/h2-11,23H,12-14H2,1H3,(H,20,24). The number of aromatic nitrogens is 1. The number of amides is 1. The van der Waals surface area contributed by atoms with E-state index >= 15 is 0 Å². The van der Waals surface area contributed by atoms with Crippen LogP contribution in [0.15, 0.2) is 60.8 Å². The molecule has 3 rings (SSSR count). The fourth-order valence-electron chi connectivity index (χ4n) is 2.71. The van der Waals surface area contributed by atoms with Crippen LogP contribution in [0.4, 0.5) is 11.4 Å². The number of carbonyl (C=O) groups is 1. The molecule has 0 aliphatic heterocycles. The van der Waals surface area contributed by atoms with Crippen molar-refractivity contribution in [1.82, 2.24) is 4.57 Å².